The number of fused-ring (bicyclic) bond motifs is 1. The SMILES string of the molecule is C[Si](C)(C)CCOCn1c(Oc2ccc(N3C=CNC3)cc2)nc2ccccc21. The van der Waals surface area contributed by atoms with Gasteiger partial charge in [-0.2, -0.15) is 4.98 Å². The van der Waals surface area contributed by atoms with E-state index >= 15 is 0 Å². The Bertz CT molecular complexity index is 992. The Labute approximate surface area is 172 Å². The van der Waals surface area contributed by atoms with Crippen LogP contribution < -0.4 is 15.0 Å². The van der Waals surface area contributed by atoms with Gasteiger partial charge in [0.1, 0.15) is 12.5 Å². The number of imidazole rings is 1. The molecule has 3 aromatic rings. The lowest BCUT2D eigenvalue weighted by Crippen LogP contribution is -2.22. The zero-order chi connectivity index (χ0) is 20.3. The Balaban J connectivity index is 1.51. The molecule has 2 heterocycles. The summed E-state index contributed by atoms with van der Waals surface area (Å²) in [6.07, 6.45) is 3.96. The van der Waals surface area contributed by atoms with Gasteiger partial charge in [0.15, 0.2) is 0 Å². The first-order chi connectivity index (χ1) is 14.0. The van der Waals surface area contributed by atoms with Crippen LogP contribution in [0.25, 0.3) is 11.0 Å². The van der Waals surface area contributed by atoms with E-state index in [1.165, 1.54) is 0 Å². The Morgan fingerprint density at radius 1 is 1.07 bits per heavy atom. The van der Waals surface area contributed by atoms with Gasteiger partial charge in [0.25, 0.3) is 0 Å². The number of benzene rings is 2. The molecule has 1 N–H and O–H groups in total. The zero-order valence-electron chi connectivity index (χ0n) is 17.3. The lowest BCUT2D eigenvalue weighted by molar-refractivity contribution is 0.0850. The molecule has 0 unspecified atom stereocenters. The normalized spacial score (nSPS) is 13.8. The fourth-order valence-electron chi connectivity index (χ4n) is 3.13. The molecule has 0 aliphatic carbocycles. The number of nitrogens with zero attached hydrogens (tertiary/aromatic N) is 3. The average Bonchev–Trinajstić information content (AvgIpc) is 3.33. The molecule has 0 saturated carbocycles. The van der Waals surface area contributed by atoms with Gasteiger partial charge >= 0.3 is 6.01 Å². The van der Waals surface area contributed by atoms with E-state index < -0.39 is 8.07 Å². The van der Waals surface area contributed by atoms with Crippen LogP contribution in [0.3, 0.4) is 0 Å². The van der Waals surface area contributed by atoms with Crippen molar-refractivity contribution in [2.75, 3.05) is 18.2 Å². The van der Waals surface area contributed by atoms with Crippen molar-refractivity contribution in [3.63, 3.8) is 0 Å². The third kappa shape index (κ3) is 4.80. The minimum atomic E-state index is -1.12. The van der Waals surface area contributed by atoms with Gasteiger partial charge in [0.05, 0.1) is 17.7 Å². The summed E-state index contributed by atoms with van der Waals surface area (Å²) in [5.74, 6) is 0.753. The Morgan fingerprint density at radius 3 is 2.59 bits per heavy atom. The van der Waals surface area contributed by atoms with Crippen molar-refractivity contribution in [1.29, 1.82) is 0 Å². The van der Waals surface area contributed by atoms with E-state index in [1.807, 2.05) is 65.5 Å². The number of nitrogens with one attached hydrogen (secondary N) is 1. The third-order valence-electron chi connectivity index (χ3n) is 4.85. The molecule has 0 saturated heterocycles. The highest BCUT2D eigenvalue weighted by molar-refractivity contribution is 6.76. The quantitative estimate of drug-likeness (QED) is 0.421. The number of anilines is 1. The molecular weight excluding hydrogens is 380 g/mol. The highest BCUT2D eigenvalue weighted by Crippen LogP contribution is 2.28. The molecule has 0 spiro atoms. The molecule has 2 aromatic carbocycles. The number of rotatable bonds is 8. The van der Waals surface area contributed by atoms with Gasteiger partial charge < -0.3 is 19.7 Å². The first-order valence-electron chi connectivity index (χ1n) is 9.97. The lowest BCUT2D eigenvalue weighted by Gasteiger charge is -2.17. The van der Waals surface area contributed by atoms with Crippen LogP contribution in [0.1, 0.15) is 0 Å². The summed E-state index contributed by atoms with van der Waals surface area (Å²) in [7, 11) is -1.12. The van der Waals surface area contributed by atoms with Gasteiger partial charge in [-0.15, -0.1) is 0 Å². The summed E-state index contributed by atoms with van der Waals surface area (Å²) in [6, 6.07) is 17.8. The zero-order valence-corrected chi connectivity index (χ0v) is 18.3. The Kier molecular flexibility index (Phi) is 5.59. The first-order valence-corrected chi connectivity index (χ1v) is 13.7. The molecule has 0 fully saturated rings. The number of aromatic nitrogens is 2. The number of hydrogen-bond donors (Lipinski definition) is 1. The molecule has 0 amide bonds. The van der Waals surface area contributed by atoms with Gasteiger partial charge in [-0.1, -0.05) is 31.8 Å². The van der Waals surface area contributed by atoms with E-state index in [9.17, 15) is 0 Å². The molecule has 4 rings (SSSR count). The molecule has 7 heteroatoms. The van der Waals surface area contributed by atoms with Crippen molar-refractivity contribution in [3.8, 4) is 11.8 Å². The molecular formula is C22H28N4O2Si. The van der Waals surface area contributed by atoms with Crippen LogP contribution in [0.2, 0.25) is 25.7 Å². The summed E-state index contributed by atoms with van der Waals surface area (Å²) in [4.78, 5) is 6.80. The second kappa shape index (κ2) is 8.30. The molecule has 29 heavy (non-hydrogen) atoms. The van der Waals surface area contributed by atoms with E-state index in [1.54, 1.807) is 0 Å². The molecule has 1 aliphatic rings. The number of para-hydroxylation sites is 2. The first kappa shape index (κ1) is 19.5. The minimum Gasteiger partial charge on any atom is -0.425 e. The highest BCUT2D eigenvalue weighted by atomic mass is 28.3. The van der Waals surface area contributed by atoms with Gasteiger partial charge in [-0.3, -0.25) is 4.57 Å². The molecule has 6 nitrogen and oxygen atoms in total. The van der Waals surface area contributed by atoms with Crippen molar-refractivity contribution in [1.82, 2.24) is 14.9 Å². The van der Waals surface area contributed by atoms with Gasteiger partial charge in [-0.05, 0) is 42.4 Å². The predicted octanol–water partition coefficient (Wildman–Crippen LogP) is 4.98. The van der Waals surface area contributed by atoms with Crippen LogP contribution in [0.15, 0.2) is 60.9 Å². The molecule has 0 radical (unpaired) electrons. The van der Waals surface area contributed by atoms with Crippen LogP contribution >= 0.6 is 0 Å². The second-order valence-corrected chi connectivity index (χ2v) is 14.0. The van der Waals surface area contributed by atoms with E-state index in [0.29, 0.717) is 12.7 Å². The fourth-order valence-corrected chi connectivity index (χ4v) is 3.88. The van der Waals surface area contributed by atoms with Crippen LogP contribution in [-0.4, -0.2) is 30.9 Å². The maximum atomic E-state index is 6.14. The average molecular weight is 409 g/mol. The standard InChI is InChI=1S/C22H28N4O2Si/c1-29(2,3)15-14-27-17-26-21-7-5-4-6-20(21)24-22(26)28-19-10-8-18(9-11-19)25-13-12-23-16-25/h4-13,23H,14-17H2,1-3H3. The monoisotopic (exact) mass is 408 g/mol. The predicted molar refractivity (Wildman–Crippen MR) is 120 cm³/mol. The van der Waals surface area contributed by atoms with Gasteiger partial charge in [-0.25, -0.2) is 0 Å². The minimum absolute atomic E-state index is 0.433. The topological polar surface area (TPSA) is 51.6 Å². The maximum absolute atomic E-state index is 6.14. The van der Waals surface area contributed by atoms with Crippen molar-refractivity contribution in [2.45, 2.75) is 32.4 Å². The highest BCUT2D eigenvalue weighted by Gasteiger charge is 2.15. The summed E-state index contributed by atoms with van der Waals surface area (Å²) in [5.41, 5.74) is 3.03. The van der Waals surface area contributed by atoms with Crippen LogP contribution in [0.5, 0.6) is 11.8 Å². The van der Waals surface area contributed by atoms with E-state index in [4.69, 9.17) is 9.47 Å². The van der Waals surface area contributed by atoms with Crippen molar-refractivity contribution >= 4 is 24.8 Å². The summed E-state index contributed by atoms with van der Waals surface area (Å²) < 4.78 is 14.1. The lowest BCUT2D eigenvalue weighted by atomic mass is 10.3. The number of hydrogen-bond acceptors (Lipinski definition) is 5. The van der Waals surface area contributed by atoms with Crippen molar-refractivity contribution in [2.24, 2.45) is 0 Å². The smallest absolute Gasteiger partial charge is 0.304 e. The number of ether oxygens (including phenoxy) is 2. The second-order valence-electron chi connectivity index (χ2n) is 8.40. The van der Waals surface area contributed by atoms with Crippen molar-refractivity contribution < 1.29 is 9.47 Å². The van der Waals surface area contributed by atoms with Crippen molar-refractivity contribution in [3.05, 3.63) is 60.9 Å². The molecule has 0 bridgehead atoms. The third-order valence-corrected chi connectivity index (χ3v) is 6.55. The Hall–Kier alpha value is -2.77. The van der Waals surface area contributed by atoms with Crippen LogP contribution in [0, 0.1) is 0 Å². The summed E-state index contributed by atoms with van der Waals surface area (Å²) in [6.45, 7) is 9.04. The largest absolute Gasteiger partial charge is 0.425 e. The molecule has 0 atom stereocenters. The van der Waals surface area contributed by atoms with E-state index in [-0.39, 0.29) is 0 Å². The van der Waals surface area contributed by atoms with Crippen LogP contribution in [-0.2, 0) is 11.5 Å². The summed E-state index contributed by atoms with van der Waals surface area (Å²) in [5, 5.41) is 3.17. The van der Waals surface area contributed by atoms with E-state index in [0.717, 1.165) is 41.8 Å². The molecule has 1 aromatic heterocycles. The van der Waals surface area contributed by atoms with E-state index in [2.05, 4.69) is 34.8 Å². The fraction of sp³-hybridized carbons (Fsp3) is 0.318. The molecule has 1 aliphatic heterocycles. The Morgan fingerprint density at radius 2 is 1.86 bits per heavy atom. The van der Waals surface area contributed by atoms with Gasteiger partial charge in [0.2, 0.25) is 0 Å². The van der Waals surface area contributed by atoms with Gasteiger partial charge in [0, 0.05) is 32.8 Å². The molecule has 152 valence electrons. The summed E-state index contributed by atoms with van der Waals surface area (Å²) >= 11 is 0. The van der Waals surface area contributed by atoms with Crippen LogP contribution in [0.4, 0.5) is 5.69 Å². The maximum Gasteiger partial charge on any atom is 0.304 e.